The lowest BCUT2D eigenvalue weighted by atomic mass is 9.71. The maximum Gasteiger partial charge on any atom is 0.307 e. The second-order valence-corrected chi connectivity index (χ2v) is 9.36. The molecule has 1 aromatic rings. The number of benzene rings is 1. The summed E-state index contributed by atoms with van der Waals surface area (Å²) >= 11 is 0. The van der Waals surface area contributed by atoms with Gasteiger partial charge in [0, 0.05) is 5.41 Å². The number of carbonyl (C=O) groups is 1. The molecular weight excluding hydrogens is 356 g/mol. The third-order valence-corrected chi connectivity index (χ3v) is 6.53. The van der Waals surface area contributed by atoms with Gasteiger partial charge in [-0.15, -0.1) is 0 Å². The summed E-state index contributed by atoms with van der Waals surface area (Å²) in [4.78, 5) is 11.9. The molecule has 2 nitrogen and oxygen atoms in total. The summed E-state index contributed by atoms with van der Waals surface area (Å²) in [6.07, 6.45) is 19.4. The minimum absolute atomic E-state index is 0.317. The molecular formula is C27H46O2. The van der Waals surface area contributed by atoms with Crippen molar-refractivity contribution in [1.29, 1.82) is 0 Å². The molecule has 0 fully saturated rings. The van der Waals surface area contributed by atoms with Crippen LogP contribution >= 0.6 is 0 Å². The van der Waals surface area contributed by atoms with Gasteiger partial charge in [-0.25, -0.2) is 0 Å². The Morgan fingerprint density at radius 2 is 1.17 bits per heavy atom. The van der Waals surface area contributed by atoms with Gasteiger partial charge in [-0.1, -0.05) is 141 Å². The fourth-order valence-corrected chi connectivity index (χ4v) is 4.40. The molecule has 29 heavy (non-hydrogen) atoms. The Kier molecular flexibility index (Phi) is 13.8. The molecule has 1 aromatic carbocycles. The van der Waals surface area contributed by atoms with Crippen molar-refractivity contribution in [2.24, 2.45) is 5.92 Å². The van der Waals surface area contributed by atoms with Crippen molar-refractivity contribution in [2.75, 3.05) is 0 Å². The Hall–Kier alpha value is -1.31. The Morgan fingerprint density at radius 1 is 0.759 bits per heavy atom. The van der Waals surface area contributed by atoms with E-state index in [1.807, 2.05) is 18.2 Å². The molecule has 0 aliphatic heterocycles. The van der Waals surface area contributed by atoms with Gasteiger partial charge in [0.1, 0.15) is 0 Å². The average molecular weight is 403 g/mol. The Bertz CT molecular complexity index is 521. The number of carboxylic acid groups (broad SMARTS) is 1. The number of unbranched alkanes of at least 4 members (excludes halogenated alkanes) is 13. The van der Waals surface area contributed by atoms with Crippen LogP contribution in [0.15, 0.2) is 30.3 Å². The van der Waals surface area contributed by atoms with Crippen molar-refractivity contribution < 1.29 is 9.90 Å². The first kappa shape index (κ1) is 25.7. The lowest BCUT2D eigenvalue weighted by Crippen LogP contribution is -2.34. The number of hydrogen-bond donors (Lipinski definition) is 1. The van der Waals surface area contributed by atoms with E-state index in [9.17, 15) is 9.90 Å². The first-order valence-corrected chi connectivity index (χ1v) is 12.3. The molecule has 0 saturated carbocycles. The van der Waals surface area contributed by atoms with Crippen LogP contribution in [0.1, 0.15) is 123 Å². The molecule has 0 radical (unpaired) electrons. The molecule has 166 valence electrons. The fourth-order valence-electron chi connectivity index (χ4n) is 4.40. The van der Waals surface area contributed by atoms with Gasteiger partial charge in [-0.05, 0) is 12.0 Å². The van der Waals surface area contributed by atoms with Crippen LogP contribution in [0.2, 0.25) is 0 Å². The molecule has 2 heteroatoms. The highest BCUT2D eigenvalue weighted by molar-refractivity contribution is 5.72. The Morgan fingerprint density at radius 3 is 1.59 bits per heavy atom. The molecule has 1 atom stereocenters. The summed E-state index contributed by atoms with van der Waals surface area (Å²) in [6.45, 7) is 6.42. The van der Waals surface area contributed by atoms with Crippen LogP contribution in [0.3, 0.4) is 0 Å². The second-order valence-electron chi connectivity index (χ2n) is 9.36. The Balaban J connectivity index is 2.10. The number of aliphatic carboxylic acids is 1. The van der Waals surface area contributed by atoms with E-state index in [-0.39, 0.29) is 11.3 Å². The van der Waals surface area contributed by atoms with Crippen molar-refractivity contribution in [2.45, 2.75) is 122 Å². The lowest BCUT2D eigenvalue weighted by molar-refractivity contribution is -0.144. The largest absolute Gasteiger partial charge is 0.481 e. The molecule has 1 N–H and O–H groups in total. The molecule has 0 spiro atoms. The zero-order chi connectivity index (χ0) is 21.4. The summed E-state index contributed by atoms with van der Waals surface area (Å²) in [5.41, 5.74) is 0.793. The Labute approximate surface area is 180 Å². The standard InChI is InChI=1S/C27H46O2/c1-4-5-6-7-8-9-10-11-12-13-14-15-16-20-23-25(26(28)29)27(2,3)24-21-18-17-19-22-24/h17-19,21-22,25H,4-16,20,23H2,1-3H3,(H,28,29). The topological polar surface area (TPSA) is 37.3 Å². The van der Waals surface area contributed by atoms with Crippen LogP contribution in [-0.2, 0) is 10.2 Å². The van der Waals surface area contributed by atoms with Crippen molar-refractivity contribution in [3.63, 3.8) is 0 Å². The van der Waals surface area contributed by atoms with Crippen molar-refractivity contribution in [3.05, 3.63) is 35.9 Å². The number of rotatable bonds is 18. The van der Waals surface area contributed by atoms with Crippen LogP contribution in [-0.4, -0.2) is 11.1 Å². The van der Waals surface area contributed by atoms with E-state index in [4.69, 9.17) is 0 Å². The van der Waals surface area contributed by atoms with Crippen LogP contribution < -0.4 is 0 Å². The molecule has 0 aliphatic carbocycles. The maximum atomic E-state index is 11.9. The molecule has 0 aromatic heterocycles. The first-order valence-electron chi connectivity index (χ1n) is 12.3. The normalized spacial score (nSPS) is 12.8. The summed E-state index contributed by atoms with van der Waals surface area (Å²) in [7, 11) is 0. The zero-order valence-corrected chi connectivity index (χ0v) is 19.4. The highest BCUT2D eigenvalue weighted by Gasteiger charge is 2.35. The smallest absolute Gasteiger partial charge is 0.307 e. The molecule has 0 amide bonds. The van der Waals surface area contributed by atoms with Gasteiger partial charge in [0.15, 0.2) is 0 Å². The fraction of sp³-hybridized carbons (Fsp3) is 0.741. The number of hydrogen-bond acceptors (Lipinski definition) is 1. The minimum atomic E-state index is -0.659. The van der Waals surface area contributed by atoms with Gasteiger partial charge in [0.2, 0.25) is 0 Å². The van der Waals surface area contributed by atoms with E-state index in [1.54, 1.807) is 0 Å². The third kappa shape index (κ3) is 10.9. The summed E-state index contributed by atoms with van der Waals surface area (Å²) < 4.78 is 0. The van der Waals surface area contributed by atoms with Crippen LogP contribution in [0.25, 0.3) is 0 Å². The minimum Gasteiger partial charge on any atom is -0.481 e. The van der Waals surface area contributed by atoms with E-state index >= 15 is 0 Å². The van der Waals surface area contributed by atoms with Gasteiger partial charge >= 0.3 is 5.97 Å². The summed E-state index contributed by atoms with van der Waals surface area (Å²) in [6, 6.07) is 10.1. The predicted octanol–water partition coefficient (Wildman–Crippen LogP) is 8.54. The highest BCUT2D eigenvalue weighted by atomic mass is 16.4. The molecule has 0 bridgehead atoms. The molecule has 0 heterocycles. The SMILES string of the molecule is CCCCCCCCCCCCCCCCC(C(=O)O)C(C)(C)c1ccccc1. The quantitative estimate of drug-likeness (QED) is 0.250. The van der Waals surface area contributed by atoms with E-state index in [1.165, 1.54) is 77.0 Å². The lowest BCUT2D eigenvalue weighted by Gasteiger charge is -2.32. The maximum absolute atomic E-state index is 11.9. The zero-order valence-electron chi connectivity index (χ0n) is 19.4. The summed E-state index contributed by atoms with van der Waals surface area (Å²) in [5, 5.41) is 9.77. The van der Waals surface area contributed by atoms with Crippen LogP contribution in [0.5, 0.6) is 0 Å². The van der Waals surface area contributed by atoms with Gasteiger partial charge in [-0.3, -0.25) is 4.79 Å². The number of carboxylic acids is 1. The van der Waals surface area contributed by atoms with Gasteiger partial charge in [0.25, 0.3) is 0 Å². The van der Waals surface area contributed by atoms with Gasteiger partial charge < -0.3 is 5.11 Å². The van der Waals surface area contributed by atoms with Crippen molar-refractivity contribution >= 4 is 5.97 Å². The van der Waals surface area contributed by atoms with E-state index in [0.29, 0.717) is 0 Å². The van der Waals surface area contributed by atoms with Crippen molar-refractivity contribution in [3.8, 4) is 0 Å². The first-order chi connectivity index (χ1) is 14.0. The molecule has 1 unspecified atom stereocenters. The van der Waals surface area contributed by atoms with E-state index < -0.39 is 5.97 Å². The van der Waals surface area contributed by atoms with E-state index in [2.05, 4.69) is 32.9 Å². The summed E-state index contributed by atoms with van der Waals surface area (Å²) in [5.74, 6) is -0.976. The molecule has 1 rings (SSSR count). The van der Waals surface area contributed by atoms with Gasteiger partial charge in [-0.2, -0.15) is 0 Å². The van der Waals surface area contributed by atoms with Crippen molar-refractivity contribution in [1.82, 2.24) is 0 Å². The third-order valence-electron chi connectivity index (χ3n) is 6.53. The monoisotopic (exact) mass is 402 g/mol. The van der Waals surface area contributed by atoms with E-state index in [0.717, 1.165) is 24.8 Å². The highest BCUT2D eigenvalue weighted by Crippen LogP contribution is 2.35. The average Bonchev–Trinajstić information content (AvgIpc) is 2.71. The second kappa shape index (κ2) is 15.5. The molecule has 0 saturated heterocycles. The van der Waals surface area contributed by atoms with Crippen LogP contribution in [0, 0.1) is 5.92 Å². The van der Waals surface area contributed by atoms with Gasteiger partial charge in [0.05, 0.1) is 5.92 Å². The predicted molar refractivity (Wildman–Crippen MR) is 126 cm³/mol. The van der Waals surface area contributed by atoms with Crippen LogP contribution in [0.4, 0.5) is 0 Å². The molecule has 0 aliphatic rings.